The van der Waals surface area contributed by atoms with Gasteiger partial charge in [0.1, 0.15) is 5.60 Å². The number of hydrogen-bond acceptors (Lipinski definition) is 8. The first-order valence-corrected chi connectivity index (χ1v) is 12.7. The number of carbonyl (C=O) groups excluding carboxylic acids is 2. The standard InChI is InChI=1S/C20H36N4O7S/c1-13-17(31-32(5,27)28)29-19(26)24(13)10-6-7-15(16(21)22)14-8-11-23(12-9-14)18(25)30-20(2,3)4/h13-15,17H,6-12H2,1-5H3,(H3,21,22). The van der Waals surface area contributed by atoms with Crippen molar-refractivity contribution in [1.29, 1.82) is 5.41 Å². The van der Waals surface area contributed by atoms with E-state index in [0.29, 0.717) is 32.5 Å². The van der Waals surface area contributed by atoms with Crippen LogP contribution in [-0.2, 0) is 23.8 Å². The lowest BCUT2D eigenvalue weighted by Gasteiger charge is -2.36. The third-order valence-electron chi connectivity index (χ3n) is 5.68. The summed E-state index contributed by atoms with van der Waals surface area (Å²) in [5, 5.41) is 8.02. The van der Waals surface area contributed by atoms with Gasteiger partial charge in [-0.1, -0.05) is 0 Å². The Morgan fingerprint density at radius 2 is 1.91 bits per heavy atom. The minimum Gasteiger partial charge on any atom is -0.444 e. The largest absolute Gasteiger partial charge is 0.444 e. The number of rotatable bonds is 8. The molecule has 2 aliphatic rings. The summed E-state index contributed by atoms with van der Waals surface area (Å²) < 4.78 is 37.9. The molecule has 0 saturated carbocycles. The van der Waals surface area contributed by atoms with Crippen LogP contribution >= 0.6 is 0 Å². The number of piperidine rings is 1. The van der Waals surface area contributed by atoms with Crippen molar-refractivity contribution in [2.45, 2.75) is 71.3 Å². The first kappa shape index (κ1) is 26.2. The van der Waals surface area contributed by atoms with Crippen molar-refractivity contribution in [3.05, 3.63) is 0 Å². The smallest absolute Gasteiger partial charge is 0.412 e. The minimum atomic E-state index is -3.75. The van der Waals surface area contributed by atoms with E-state index >= 15 is 0 Å². The van der Waals surface area contributed by atoms with Crippen molar-refractivity contribution in [2.24, 2.45) is 17.6 Å². The number of ether oxygens (including phenoxy) is 2. The summed E-state index contributed by atoms with van der Waals surface area (Å²) in [5.41, 5.74) is 5.33. The molecule has 184 valence electrons. The maximum Gasteiger partial charge on any atom is 0.412 e. The molecular weight excluding hydrogens is 440 g/mol. The SMILES string of the molecule is CC1C(OS(C)(=O)=O)OC(=O)N1CCCC(C(=N)N)C1CCN(C(=O)OC(C)(C)C)CC1. The quantitative estimate of drug-likeness (QED) is 0.307. The zero-order chi connectivity index (χ0) is 24.3. The van der Waals surface area contributed by atoms with Crippen LogP contribution in [0.25, 0.3) is 0 Å². The van der Waals surface area contributed by atoms with Gasteiger partial charge in [0.05, 0.1) is 18.1 Å². The number of cyclic esters (lactones) is 1. The second kappa shape index (κ2) is 10.2. The van der Waals surface area contributed by atoms with Gasteiger partial charge in [-0.3, -0.25) is 10.3 Å². The van der Waals surface area contributed by atoms with Crippen LogP contribution in [0.3, 0.4) is 0 Å². The van der Waals surface area contributed by atoms with E-state index in [-0.39, 0.29) is 23.8 Å². The Morgan fingerprint density at radius 1 is 1.31 bits per heavy atom. The number of amidine groups is 1. The Kier molecular flexibility index (Phi) is 8.38. The third kappa shape index (κ3) is 7.51. The lowest BCUT2D eigenvalue weighted by molar-refractivity contribution is -0.00751. The molecule has 2 saturated heterocycles. The number of carbonyl (C=O) groups is 2. The predicted molar refractivity (Wildman–Crippen MR) is 118 cm³/mol. The van der Waals surface area contributed by atoms with Gasteiger partial charge in [0.2, 0.25) is 6.29 Å². The van der Waals surface area contributed by atoms with Crippen molar-refractivity contribution < 1.29 is 31.7 Å². The molecule has 12 heteroatoms. The second-order valence-electron chi connectivity index (χ2n) is 9.50. The molecule has 0 aliphatic carbocycles. The molecule has 0 bridgehead atoms. The van der Waals surface area contributed by atoms with E-state index in [1.165, 1.54) is 4.90 Å². The molecule has 2 rings (SSSR count). The summed E-state index contributed by atoms with van der Waals surface area (Å²) in [7, 11) is -3.75. The number of amides is 2. The average Bonchev–Trinajstić information content (AvgIpc) is 2.89. The zero-order valence-corrected chi connectivity index (χ0v) is 20.3. The third-order valence-corrected chi connectivity index (χ3v) is 6.22. The minimum absolute atomic E-state index is 0.0936. The molecule has 3 unspecified atom stereocenters. The van der Waals surface area contributed by atoms with Gasteiger partial charge in [-0.25, -0.2) is 13.8 Å². The topological polar surface area (TPSA) is 152 Å². The number of nitrogens with two attached hydrogens (primary N) is 1. The number of likely N-dealkylation sites (tertiary alicyclic amines) is 1. The molecule has 0 spiro atoms. The second-order valence-corrected chi connectivity index (χ2v) is 11.1. The van der Waals surface area contributed by atoms with E-state index in [2.05, 4.69) is 0 Å². The maximum atomic E-state index is 12.3. The van der Waals surface area contributed by atoms with E-state index in [9.17, 15) is 18.0 Å². The lowest BCUT2D eigenvalue weighted by Crippen LogP contribution is -2.44. The molecule has 2 heterocycles. The molecule has 3 atom stereocenters. The average molecular weight is 477 g/mol. The Morgan fingerprint density at radius 3 is 2.41 bits per heavy atom. The summed E-state index contributed by atoms with van der Waals surface area (Å²) in [5.74, 6) is 0.0966. The van der Waals surface area contributed by atoms with E-state index in [1.807, 2.05) is 20.8 Å². The summed E-state index contributed by atoms with van der Waals surface area (Å²) in [6.45, 7) is 8.58. The van der Waals surface area contributed by atoms with E-state index < -0.39 is 34.1 Å². The van der Waals surface area contributed by atoms with Crippen molar-refractivity contribution in [3.8, 4) is 0 Å². The Hall–Kier alpha value is -2.08. The van der Waals surface area contributed by atoms with Crippen LogP contribution in [0.15, 0.2) is 0 Å². The highest BCUT2D eigenvalue weighted by Gasteiger charge is 2.41. The van der Waals surface area contributed by atoms with Gasteiger partial charge in [-0.2, -0.15) is 8.42 Å². The van der Waals surface area contributed by atoms with Gasteiger partial charge < -0.3 is 20.1 Å². The normalized spacial score (nSPS) is 23.7. The van der Waals surface area contributed by atoms with Gasteiger partial charge >= 0.3 is 12.2 Å². The van der Waals surface area contributed by atoms with Crippen molar-refractivity contribution in [1.82, 2.24) is 9.80 Å². The van der Waals surface area contributed by atoms with Crippen LogP contribution in [0.4, 0.5) is 9.59 Å². The highest BCUT2D eigenvalue weighted by atomic mass is 32.2. The Balaban J connectivity index is 1.85. The monoisotopic (exact) mass is 476 g/mol. The predicted octanol–water partition coefficient (Wildman–Crippen LogP) is 2.11. The Labute approximate surface area is 190 Å². The molecular formula is C20H36N4O7S. The van der Waals surface area contributed by atoms with Crippen molar-refractivity contribution >= 4 is 28.1 Å². The van der Waals surface area contributed by atoms with Crippen LogP contribution in [0.2, 0.25) is 0 Å². The molecule has 0 radical (unpaired) electrons. The zero-order valence-electron chi connectivity index (χ0n) is 19.5. The fourth-order valence-electron chi connectivity index (χ4n) is 4.08. The lowest BCUT2D eigenvalue weighted by atomic mass is 9.81. The number of nitrogens with one attached hydrogen (secondary N) is 1. The first-order chi connectivity index (χ1) is 14.7. The van der Waals surface area contributed by atoms with Crippen LogP contribution in [0.1, 0.15) is 53.4 Å². The van der Waals surface area contributed by atoms with Gasteiger partial charge in [0, 0.05) is 25.6 Å². The van der Waals surface area contributed by atoms with Crippen LogP contribution < -0.4 is 5.73 Å². The van der Waals surface area contributed by atoms with Crippen LogP contribution in [0.5, 0.6) is 0 Å². The summed E-state index contributed by atoms with van der Waals surface area (Å²) in [6.07, 6.45) is 1.38. The molecule has 0 aromatic rings. The summed E-state index contributed by atoms with van der Waals surface area (Å²) in [4.78, 5) is 27.5. The number of hydrogen-bond donors (Lipinski definition) is 2. The fourth-order valence-corrected chi connectivity index (χ4v) is 4.63. The molecule has 0 aromatic heterocycles. The van der Waals surface area contributed by atoms with Gasteiger partial charge in [-0.05, 0) is 59.3 Å². The Bertz CT molecular complexity index is 803. The van der Waals surface area contributed by atoms with E-state index in [0.717, 1.165) is 19.1 Å². The molecule has 2 amide bonds. The van der Waals surface area contributed by atoms with Gasteiger partial charge in [-0.15, -0.1) is 0 Å². The molecule has 2 fully saturated rings. The highest BCUT2D eigenvalue weighted by molar-refractivity contribution is 7.86. The number of nitrogens with zero attached hydrogens (tertiary/aromatic N) is 2. The molecule has 11 nitrogen and oxygen atoms in total. The fraction of sp³-hybridized carbons (Fsp3) is 0.850. The summed E-state index contributed by atoms with van der Waals surface area (Å²) in [6, 6.07) is -0.551. The first-order valence-electron chi connectivity index (χ1n) is 10.9. The van der Waals surface area contributed by atoms with E-state index in [4.69, 9.17) is 24.8 Å². The van der Waals surface area contributed by atoms with Crippen molar-refractivity contribution in [2.75, 3.05) is 25.9 Å². The summed E-state index contributed by atoms with van der Waals surface area (Å²) >= 11 is 0. The molecule has 3 N–H and O–H groups in total. The molecule has 0 aromatic carbocycles. The van der Waals surface area contributed by atoms with Crippen LogP contribution in [-0.4, -0.2) is 80.1 Å². The van der Waals surface area contributed by atoms with Gasteiger partial charge in [0.25, 0.3) is 10.1 Å². The van der Waals surface area contributed by atoms with Crippen molar-refractivity contribution in [3.63, 3.8) is 0 Å². The molecule has 2 aliphatic heterocycles. The van der Waals surface area contributed by atoms with E-state index in [1.54, 1.807) is 11.8 Å². The van der Waals surface area contributed by atoms with Gasteiger partial charge in [0.15, 0.2) is 0 Å². The highest BCUT2D eigenvalue weighted by Crippen LogP contribution is 2.30. The molecule has 32 heavy (non-hydrogen) atoms. The maximum absolute atomic E-state index is 12.3. The van der Waals surface area contributed by atoms with Crippen LogP contribution in [0, 0.1) is 17.2 Å².